The van der Waals surface area contributed by atoms with Crippen LogP contribution in [-0.2, 0) is 12.8 Å². The number of halogens is 2. The summed E-state index contributed by atoms with van der Waals surface area (Å²) in [6.07, 6.45) is 4.22. The zero-order valence-corrected chi connectivity index (χ0v) is 18.4. The van der Waals surface area contributed by atoms with E-state index in [0.29, 0.717) is 26.2 Å². The average Bonchev–Trinajstić information content (AvgIpc) is 3.35. The largest absolute Gasteiger partial charge is 0.397 e. The number of hydrogen-bond acceptors (Lipinski definition) is 5. The maximum atomic E-state index is 13.2. The van der Waals surface area contributed by atoms with Crippen molar-refractivity contribution in [3.63, 3.8) is 0 Å². The molecule has 7 heteroatoms. The van der Waals surface area contributed by atoms with Gasteiger partial charge in [0.05, 0.1) is 21.3 Å². The molecule has 0 spiro atoms. The number of nitrogen functional groups attached to an aromatic ring is 1. The number of nitrogens with two attached hydrogens (primary N) is 1. The molecule has 3 heterocycles. The maximum Gasteiger partial charge on any atom is 0.206 e. The number of thiophene rings is 2. The Hall–Kier alpha value is -1.92. The number of ketones is 1. The number of hydrogen-bond donors (Lipinski definition) is 1. The third kappa shape index (κ3) is 3.17. The van der Waals surface area contributed by atoms with Crippen molar-refractivity contribution in [3.8, 4) is 10.6 Å². The van der Waals surface area contributed by atoms with E-state index in [1.54, 1.807) is 29.5 Å². The van der Waals surface area contributed by atoms with Gasteiger partial charge in [-0.3, -0.25) is 4.79 Å². The number of carbonyl (C=O) groups excluding carboxylic acids is 1. The first kappa shape index (κ1) is 19.1. The molecule has 5 rings (SSSR count). The minimum Gasteiger partial charge on any atom is -0.397 e. The van der Waals surface area contributed by atoms with Crippen LogP contribution in [0.15, 0.2) is 35.7 Å². The molecule has 0 saturated carbocycles. The smallest absolute Gasteiger partial charge is 0.206 e. The summed E-state index contributed by atoms with van der Waals surface area (Å²) >= 11 is 15.3. The number of fused-ring (bicyclic) bond motifs is 3. The maximum absolute atomic E-state index is 13.2. The Bertz CT molecular complexity index is 1260. The highest BCUT2D eigenvalue weighted by molar-refractivity contribution is 7.21. The Balaban J connectivity index is 1.73. The summed E-state index contributed by atoms with van der Waals surface area (Å²) in [7, 11) is 0. The number of rotatable bonds is 3. The molecule has 3 aromatic heterocycles. The number of benzene rings is 1. The summed E-state index contributed by atoms with van der Waals surface area (Å²) in [6.45, 7) is 0. The fourth-order valence-corrected chi connectivity index (χ4v) is 6.31. The van der Waals surface area contributed by atoms with E-state index in [1.165, 1.54) is 22.5 Å². The molecule has 0 amide bonds. The van der Waals surface area contributed by atoms with E-state index < -0.39 is 0 Å². The molecule has 1 aromatic carbocycles. The van der Waals surface area contributed by atoms with Crippen molar-refractivity contribution >= 4 is 67.6 Å². The van der Waals surface area contributed by atoms with Crippen LogP contribution in [0.25, 0.3) is 20.8 Å². The highest BCUT2D eigenvalue weighted by Gasteiger charge is 2.27. The summed E-state index contributed by atoms with van der Waals surface area (Å²) in [5, 5.41) is 3.83. The van der Waals surface area contributed by atoms with Crippen molar-refractivity contribution in [2.24, 2.45) is 0 Å². The van der Waals surface area contributed by atoms with Crippen LogP contribution in [0.2, 0.25) is 10.0 Å². The molecular formula is C22H16Cl2N2OS2. The van der Waals surface area contributed by atoms with Gasteiger partial charge in [0.2, 0.25) is 5.78 Å². The minimum absolute atomic E-state index is 0.186. The quantitative estimate of drug-likeness (QED) is 0.335. The van der Waals surface area contributed by atoms with Crippen molar-refractivity contribution < 1.29 is 4.79 Å². The van der Waals surface area contributed by atoms with Gasteiger partial charge in [0.25, 0.3) is 0 Å². The van der Waals surface area contributed by atoms with E-state index in [2.05, 4.69) is 11.4 Å². The van der Waals surface area contributed by atoms with Gasteiger partial charge < -0.3 is 5.73 Å². The number of aromatic nitrogens is 1. The molecule has 146 valence electrons. The number of nitrogens with zero attached hydrogens (tertiary/aromatic N) is 1. The van der Waals surface area contributed by atoms with Crippen molar-refractivity contribution in [1.82, 2.24) is 4.98 Å². The third-order valence-corrected chi connectivity index (χ3v) is 7.85. The van der Waals surface area contributed by atoms with Crippen LogP contribution < -0.4 is 5.73 Å². The zero-order chi connectivity index (χ0) is 20.1. The van der Waals surface area contributed by atoms with Gasteiger partial charge in [0.1, 0.15) is 9.71 Å². The molecule has 0 fully saturated rings. The van der Waals surface area contributed by atoms with E-state index in [9.17, 15) is 4.79 Å². The fourth-order valence-electron chi connectivity index (χ4n) is 4.00. The second kappa shape index (κ2) is 7.40. The molecule has 0 aliphatic heterocycles. The van der Waals surface area contributed by atoms with Gasteiger partial charge in [-0.05, 0) is 66.5 Å². The molecular weight excluding hydrogens is 443 g/mol. The molecule has 0 saturated heterocycles. The molecule has 4 aromatic rings. The van der Waals surface area contributed by atoms with Gasteiger partial charge >= 0.3 is 0 Å². The molecule has 0 atom stereocenters. The molecule has 2 N–H and O–H groups in total. The predicted molar refractivity (Wildman–Crippen MR) is 124 cm³/mol. The van der Waals surface area contributed by atoms with E-state index in [0.717, 1.165) is 46.5 Å². The van der Waals surface area contributed by atoms with E-state index in [1.807, 2.05) is 6.07 Å². The van der Waals surface area contributed by atoms with Gasteiger partial charge in [-0.1, -0.05) is 29.3 Å². The van der Waals surface area contributed by atoms with Crippen LogP contribution in [0.4, 0.5) is 5.69 Å². The fraction of sp³-hybridized carbons (Fsp3) is 0.182. The van der Waals surface area contributed by atoms with E-state index in [-0.39, 0.29) is 5.78 Å². The van der Waals surface area contributed by atoms with Crippen molar-refractivity contribution in [1.29, 1.82) is 0 Å². The summed E-state index contributed by atoms with van der Waals surface area (Å²) in [5.41, 5.74) is 11.0. The first-order chi connectivity index (χ1) is 14.0. The highest BCUT2D eigenvalue weighted by atomic mass is 35.5. The Labute approximate surface area is 186 Å². The van der Waals surface area contributed by atoms with Gasteiger partial charge in [0, 0.05) is 16.0 Å². The summed E-state index contributed by atoms with van der Waals surface area (Å²) in [5.74, 6) is -0.186. The molecule has 1 aliphatic rings. The number of pyridine rings is 1. The van der Waals surface area contributed by atoms with Crippen LogP contribution in [-0.4, -0.2) is 10.8 Å². The zero-order valence-electron chi connectivity index (χ0n) is 15.3. The Morgan fingerprint density at radius 1 is 1.10 bits per heavy atom. The van der Waals surface area contributed by atoms with Crippen LogP contribution in [0.5, 0.6) is 0 Å². The predicted octanol–water partition coefficient (Wildman–Crippen LogP) is 7.02. The standard InChI is InChI=1S/C22H16Cl2N2OS2/c23-11-7-8-14(15(24)10-11)20(27)21-18(25)17-12-4-1-2-5-13(12)19(26-22(17)29-21)16-6-3-9-28-16/h3,6-10H,1-2,4-5,25H2. The van der Waals surface area contributed by atoms with Crippen LogP contribution in [0.1, 0.15) is 39.2 Å². The SMILES string of the molecule is Nc1c(C(=O)c2ccc(Cl)cc2Cl)sc2nc(-c3cccs3)c3c(c12)CCCC3. The van der Waals surface area contributed by atoms with Crippen molar-refractivity contribution in [3.05, 3.63) is 67.3 Å². The van der Waals surface area contributed by atoms with Gasteiger partial charge in [-0.15, -0.1) is 22.7 Å². The normalized spacial score (nSPS) is 13.6. The molecule has 3 nitrogen and oxygen atoms in total. The lowest BCUT2D eigenvalue weighted by molar-refractivity contribution is 0.104. The van der Waals surface area contributed by atoms with Gasteiger partial charge in [0.15, 0.2) is 0 Å². The van der Waals surface area contributed by atoms with E-state index >= 15 is 0 Å². The van der Waals surface area contributed by atoms with Gasteiger partial charge in [-0.2, -0.15) is 0 Å². The summed E-state index contributed by atoms with van der Waals surface area (Å²) in [6, 6.07) is 9.04. The molecule has 0 bridgehead atoms. The first-order valence-electron chi connectivity index (χ1n) is 9.32. The number of carbonyl (C=O) groups is 1. The van der Waals surface area contributed by atoms with Crippen LogP contribution >= 0.6 is 45.9 Å². The van der Waals surface area contributed by atoms with Crippen molar-refractivity contribution in [2.45, 2.75) is 25.7 Å². The minimum atomic E-state index is -0.186. The van der Waals surface area contributed by atoms with Crippen LogP contribution in [0.3, 0.4) is 0 Å². The Kier molecular flexibility index (Phi) is 4.87. The third-order valence-electron chi connectivity index (χ3n) is 5.33. The lowest BCUT2D eigenvalue weighted by Gasteiger charge is -2.19. The van der Waals surface area contributed by atoms with E-state index in [4.69, 9.17) is 33.9 Å². The molecule has 0 radical (unpaired) electrons. The lowest BCUT2D eigenvalue weighted by atomic mass is 9.88. The Morgan fingerprint density at radius 2 is 1.90 bits per heavy atom. The molecule has 1 aliphatic carbocycles. The highest BCUT2D eigenvalue weighted by Crippen LogP contribution is 2.43. The topological polar surface area (TPSA) is 56.0 Å². The lowest BCUT2D eigenvalue weighted by Crippen LogP contribution is -2.08. The van der Waals surface area contributed by atoms with Gasteiger partial charge in [-0.25, -0.2) is 4.98 Å². The summed E-state index contributed by atoms with van der Waals surface area (Å²) < 4.78 is 0. The molecule has 0 unspecified atom stereocenters. The van der Waals surface area contributed by atoms with Crippen molar-refractivity contribution in [2.75, 3.05) is 5.73 Å². The first-order valence-corrected chi connectivity index (χ1v) is 11.8. The number of anilines is 1. The monoisotopic (exact) mass is 458 g/mol. The molecule has 29 heavy (non-hydrogen) atoms. The Morgan fingerprint density at radius 3 is 2.62 bits per heavy atom. The number of aryl methyl sites for hydroxylation is 1. The second-order valence-electron chi connectivity index (χ2n) is 7.08. The summed E-state index contributed by atoms with van der Waals surface area (Å²) in [4.78, 5) is 20.7. The average molecular weight is 459 g/mol. The second-order valence-corrected chi connectivity index (χ2v) is 9.87. The van der Waals surface area contributed by atoms with Crippen LogP contribution in [0, 0.1) is 0 Å².